The Kier molecular flexibility index (Phi) is 3.89. The number of nitrogens with two attached hydrogens (primary N) is 1. The number of nitrogen functional groups attached to an aromatic ring is 1. The van der Waals surface area contributed by atoms with Crippen LogP contribution in [-0.4, -0.2) is 36.3 Å². The summed E-state index contributed by atoms with van der Waals surface area (Å²) >= 11 is 1.10. The molecule has 2 heterocycles. The van der Waals surface area contributed by atoms with Gasteiger partial charge in [-0.15, -0.1) is 0 Å². The van der Waals surface area contributed by atoms with Crippen LogP contribution >= 0.6 is 11.8 Å². The molecule has 19 heavy (non-hydrogen) atoms. The lowest BCUT2D eigenvalue weighted by Gasteiger charge is -2.07. The normalized spacial score (nSPS) is 11.3. The second-order valence-corrected chi connectivity index (χ2v) is 5.50. The molecule has 0 saturated carbocycles. The number of aromatic nitrogens is 4. The molecule has 0 aliphatic carbocycles. The van der Waals surface area contributed by atoms with Gasteiger partial charge in [0.1, 0.15) is 10.5 Å². The lowest BCUT2D eigenvalue weighted by Crippen LogP contribution is -2.06. The molecule has 0 atom stereocenters. The molecule has 0 fully saturated rings. The zero-order valence-corrected chi connectivity index (χ0v) is 11.5. The highest BCUT2D eigenvalue weighted by Crippen LogP contribution is 2.25. The molecular weight excluding hydrogens is 266 g/mol. The van der Waals surface area contributed by atoms with Gasteiger partial charge in [0.15, 0.2) is 5.65 Å². The summed E-state index contributed by atoms with van der Waals surface area (Å²) in [5.41, 5.74) is 6.91. The highest BCUT2D eigenvalue weighted by atomic mass is 32.2. The summed E-state index contributed by atoms with van der Waals surface area (Å²) in [6.45, 7) is 4.96. The van der Waals surface area contributed by atoms with Crippen LogP contribution in [0.4, 0.5) is 5.95 Å². The second-order valence-electron chi connectivity index (χ2n) is 4.53. The van der Waals surface area contributed by atoms with Crippen molar-refractivity contribution in [3.63, 3.8) is 0 Å². The topological polar surface area (TPSA) is 107 Å². The van der Waals surface area contributed by atoms with E-state index in [1.54, 1.807) is 6.33 Å². The van der Waals surface area contributed by atoms with Gasteiger partial charge in [-0.25, -0.2) is 9.97 Å². The van der Waals surface area contributed by atoms with Gasteiger partial charge in [0.2, 0.25) is 5.95 Å². The third kappa shape index (κ3) is 3.14. The van der Waals surface area contributed by atoms with E-state index >= 15 is 0 Å². The number of hydrogen-bond donors (Lipinski definition) is 2. The van der Waals surface area contributed by atoms with Crippen molar-refractivity contribution >= 4 is 34.8 Å². The van der Waals surface area contributed by atoms with Crippen molar-refractivity contribution in [1.29, 1.82) is 0 Å². The Morgan fingerprint density at radius 1 is 1.53 bits per heavy atom. The molecule has 0 spiro atoms. The van der Waals surface area contributed by atoms with Gasteiger partial charge in [0.05, 0.1) is 12.1 Å². The van der Waals surface area contributed by atoms with Gasteiger partial charge in [0, 0.05) is 6.54 Å². The summed E-state index contributed by atoms with van der Waals surface area (Å²) in [5, 5.41) is 9.23. The monoisotopic (exact) mass is 281 g/mol. The third-order valence-electron chi connectivity index (χ3n) is 2.34. The molecule has 0 amide bonds. The molecule has 0 saturated heterocycles. The number of thioether (sulfide) groups is 1. The molecule has 3 N–H and O–H groups in total. The zero-order valence-electron chi connectivity index (χ0n) is 10.7. The summed E-state index contributed by atoms with van der Waals surface area (Å²) in [6.07, 6.45) is 1.68. The van der Waals surface area contributed by atoms with Crippen molar-refractivity contribution in [2.75, 3.05) is 11.5 Å². The molecule has 0 bridgehead atoms. The maximum absolute atomic E-state index is 10.6. The number of carbonyl (C=O) groups is 1. The Morgan fingerprint density at radius 2 is 2.26 bits per heavy atom. The van der Waals surface area contributed by atoms with Gasteiger partial charge >= 0.3 is 5.97 Å². The first-order valence-corrected chi connectivity index (χ1v) is 6.79. The first-order chi connectivity index (χ1) is 8.97. The number of carboxylic acids is 1. The fraction of sp³-hybridized carbons (Fsp3) is 0.455. The number of nitrogens with zero attached hydrogens (tertiary/aromatic N) is 4. The molecule has 7 nitrogen and oxygen atoms in total. The predicted molar refractivity (Wildman–Crippen MR) is 72.9 cm³/mol. The summed E-state index contributed by atoms with van der Waals surface area (Å²) in [4.78, 5) is 23.1. The van der Waals surface area contributed by atoms with E-state index in [9.17, 15) is 4.79 Å². The lowest BCUT2D eigenvalue weighted by atomic mass is 10.2. The Bertz CT molecular complexity index is 610. The highest BCUT2D eigenvalue weighted by Gasteiger charge is 2.14. The maximum atomic E-state index is 10.6. The Labute approximate surface area is 114 Å². The van der Waals surface area contributed by atoms with Crippen LogP contribution in [0.3, 0.4) is 0 Å². The predicted octanol–water partition coefficient (Wildman–Crippen LogP) is 1.24. The summed E-state index contributed by atoms with van der Waals surface area (Å²) in [6, 6.07) is 0. The van der Waals surface area contributed by atoms with Gasteiger partial charge < -0.3 is 15.4 Å². The largest absolute Gasteiger partial charge is 0.481 e. The molecule has 0 radical (unpaired) electrons. The van der Waals surface area contributed by atoms with E-state index in [1.807, 2.05) is 4.57 Å². The second kappa shape index (κ2) is 5.43. The molecule has 2 aromatic heterocycles. The van der Waals surface area contributed by atoms with Crippen LogP contribution in [0.2, 0.25) is 0 Å². The van der Waals surface area contributed by atoms with E-state index < -0.39 is 5.97 Å². The van der Waals surface area contributed by atoms with Crippen molar-refractivity contribution in [2.45, 2.75) is 25.4 Å². The highest BCUT2D eigenvalue weighted by molar-refractivity contribution is 8.00. The quantitative estimate of drug-likeness (QED) is 0.627. The van der Waals surface area contributed by atoms with E-state index in [2.05, 4.69) is 28.8 Å². The van der Waals surface area contributed by atoms with Gasteiger partial charge in [-0.2, -0.15) is 4.98 Å². The minimum absolute atomic E-state index is 0.0808. The van der Waals surface area contributed by atoms with Crippen LogP contribution in [0.1, 0.15) is 13.8 Å². The zero-order chi connectivity index (χ0) is 14.0. The molecule has 0 aliphatic rings. The third-order valence-corrected chi connectivity index (χ3v) is 3.29. The number of carboxylic acid groups (broad SMARTS) is 1. The van der Waals surface area contributed by atoms with Crippen molar-refractivity contribution < 1.29 is 9.90 Å². The first kappa shape index (κ1) is 13.6. The van der Waals surface area contributed by atoms with Crippen LogP contribution < -0.4 is 5.73 Å². The molecule has 0 aliphatic heterocycles. The van der Waals surface area contributed by atoms with Gasteiger partial charge in [0.25, 0.3) is 0 Å². The molecule has 8 heteroatoms. The molecule has 102 valence electrons. The van der Waals surface area contributed by atoms with Gasteiger partial charge in [-0.05, 0) is 5.92 Å². The van der Waals surface area contributed by atoms with Crippen LogP contribution in [-0.2, 0) is 11.3 Å². The number of hydrogen-bond acceptors (Lipinski definition) is 6. The van der Waals surface area contributed by atoms with E-state index in [1.165, 1.54) is 0 Å². The minimum Gasteiger partial charge on any atom is -0.481 e. The smallest absolute Gasteiger partial charge is 0.313 e. The van der Waals surface area contributed by atoms with Crippen LogP contribution in [0.5, 0.6) is 0 Å². The lowest BCUT2D eigenvalue weighted by molar-refractivity contribution is -0.133. The number of fused-ring (bicyclic) bond motifs is 1. The van der Waals surface area contributed by atoms with Crippen LogP contribution in [0, 0.1) is 5.92 Å². The Hall–Kier alpha value is -1.83. The van der Waals surface area contributed by atoms with Crippen LogP contribution in [0.25, 0.3) is 11.2 Å². The van der Waals surface area contributed by atoms with E-state index in [0.29, 0.717) is 22.1 Å². The summed E-state index contributed by atoms with van der Waals surface area (Å²) in [5.74, 6) is -0.408. The molecule has 2 aromatic rings. The molecular formula is C11H15N5O2S. The molecule has 0 aromatic carbocycles. The fourth-order valence-electron chi connectivity index (χ4n) is 1.69. The summed E-state index contributed by atoms with van der Waals surface area (Å²) < 4.78 is 1.91. The van der Waals surface area contributed by atoms with Crippen molar-refractivity contribution in [2.24, 2.45) is 5.92 Å². The van der Waals surface area contributed by atoms with E-state index in [-0.39, 0.29) is 11.7 Å². The number of aliphatic carboxylic acids is 1. The standard InChI is InChI=1S/C11H15N5O2S/c1-6(2)3-16-5-13-8-9(16)14-11(12)15-10(8)19-4-7(17)18/h5-6H,3-4H2,1-2H3,(H,17,18)(H2,12,14,15). The van der Waals surface area contributed by atoms with Gasteiger partial charge in [-0.3, -0.25) is 4.79 Å². The van der Waals surface area contributed by atoms with Crippen molar-refractivity contribution in [3.8, 4) is 0 Å². The van der Waals surface area contributed by atoms with Gasteiger partial charge in [-0.1, -0.05) is 25.6 Å². The average Bonchev–Trinajstić information content (AvgIpc) is 2.68. The summed E-state index contributed by atoms with van der Waals surface area (Å²) in [7, 11) is 0. The van der Waals surface area contributed by atoms with Crippen LogP contribution in [0.15, 0.2) is 11.4 Å². The molecule has 2 rings (SSSR count). The number of imidazole rings is 1. The van der Waals surface area contributed by atoms with Crippen molar-refractivity contribution in [3.05, 3.63) is 6.33 Å². The maximum Gasteiger partial charge on any atom is 0.313 e. The minimum atomic E-state index is -0.906. The Balaban J connectivity index is 2.42. The number of anilines is 1. The first-order valence-electron chi connectivity index (χ1n) is 5.80. The average molecular weight is 281 g/mol. The van der Waals surface area contributed by atoms with Crippen molar-refractivity contribution in [1.82, 2.24) is 19.5 Å². The number of rotatable bonds is 5. The molecule has 0 unspecified atom stereocenters. The Morgan fingerprint density at radius 3 is 2.89 bits per heavy atom. The fourth-order valence-corrected chi connectivity index (χ4v) is 2.39. The SMILES string of the molecule is CC(C)Cn1cnc2c(SCC(=O)O)nc(N)nc21. The van der Waals surface area contributed by atoms with E-state index in [4.69, 9.17) is 10.8 Å². The van der Waals surface area contributed by atoms with E-state index in [0.717, 1.165) is 18.3 Å².